The SMILES string of the molecule is CC1=CC(=C2C=C(C(C)(C)C)C(=O)c3ccccc32)c2ccccc2C1=O. The highest BCUT2D eigenvalue weighted by atomic mass is 16.1. The first-order valence-corrected chi connectivity index (χ1v) is 9.22. The molecule has 27 heavy (non-hydrogen) atoms. The van der Waals surface area contributed by atoms with Crippen molar-refractivity contribution in [3.05, 3.63) is 94.1 Å². The topological polar surface area (TPSA) is 34.1 Å². The van der Waals surface area contributed by atoms with E-state index in [0.717, 1.165) is 44.5 Å². The average molecular weight is 354 g/mol. The quantitative estimate of drug-likeness (QED) is 0.589. The van der Waals surface area contributed by atoms with Gasteiger partial charge in [0, 0.05) is 16.7 Å². The van der Waals surface area contributed by atoms with Gasteiger partial charge < -0.3 is 0 Å². The molecular formula is C25H22O2. The molecule has 0 fully saturated rings. The summed E-state index contributed by atoms with van der Waals surface area (Å²) in [6, 6.07) is 15.5. The zero-order chi connectivity index (χ0) is 19.3. The molecule has 0 radical (unpaired) electrons. The van der Waals surface area contributed by atoms with Gasteiger partial charge in [-0.1, -0.05) is 69.3 Å². The molecule has 2 aliphatic rings. The minimum Gasteiger partial charge on any atom is -0.289 e. The van der Waals surface area contributed by atoms with Crippen molar-refractivity contribution < 1.29 is 9.59 Å². The number of hydrogen-bond donors (Lipinski definition) is 0. The van der Waals surface area contributed by atoms with Gasteiger partial charge in [0.25, 0.3) is 0 Å². The molecule has 0 bridgehead atoms. The van der Waals surface area contributed by atoms with Crippen LogP contribution in [-0.4, -0.2) is 11.6 Å². The highest BCUT2D eigenvalue weighted by Gasteiger charge is 2.32. The summed E-state index contributed by atoms with van der Waals surface area (Å²) in [6.07, 6.45) is 3.99. The van der Waals surface area contributed by atoms with E-state index in [1.807, 2.05) is 67.6 Å². The maximum atomic E-state index is 13.1. The van der Waals surface area contributed by atoms with E-state index < -0.39 is 0 Å². The van der Waals surface area contributed by atoms with E-state index in [2.05, 4.69) is 20.8 Å². The first-order valence-electron chi connectivity index (χ1n) is 9.22. The standard InChI is InChI=1S/C25H22O2/c1-15-13-20(16-9-5-7-11-18(16)23(15)26)21-14-22(25(2,3)4)24(27)19-12-8-6-10-17(19)21/h5-14H,1-4H3. The zero-order valence-electron chi connectivity index (χ0n) is 16.1. The second-order valence-electron chi connectivity index (χ2n) is 8.21. The van der Waals surface area contributed by atoms with Crippen LogP contribution in [0.25, 0.3) is 11.1 Å². The van der Waals surface area contributed by atoms with E-state index in [1.165, 1.54) is 0 Å². The Bertz CT molecular complexity index is 1090. The Morgan fingerprint density at radius 2 is 1.07 bits per heavy atom. The number of carbonyl (C=O) groups is 2. The molecule has 0 amide bonds. The molecular weight excluding hydrogens is 332 g/mol. The monoisotopic (exact) mass is 354 g/mol. The molecule has 4 rings (SSSR count). The Balaban J connectivity index is 2.11. The van der Waals surface area contributed by atoms with Crippen molar-refractivity contribution in [1.29, 1.82) is 0 Å². The molecule has 0 spiro atoms. The second kappa shape index (κ2) is 6.02. The Morgan fingerprint density at radius 1 is 0.630 bits per heavy atom. The van der Waals surface area contributed by atoms with Crippen LogP contribution < -0.4 is 0 Å². The average Bonchev–Trinajstić information content (AvgIpc) is 2.64. The lowest BCUT2D eigenvalue weighted by atomic mass is 9.73. The van der Waals surface area contributed by atoms with Crippen LogP contribution in [0.4, 0.5) is 0 Å². The van der Waals surface area contributed by atoms with Crippen LogP contribution in [0.1, 0.15) is 59.5 Å². The molecule has 0 atom stereocenters. The first-order chi connectivity index (χ1) is 12.8. The number of hydrogen-bond acceptors (Lipinski definition) is 2. The molecule has 0 saturated heterocycles. The Morgan fingerprint density at radius 3 is 1.59 bits per heavy atom. The molecule has 2 aromatic rings. The molecule has 2 heteroatoms. The lowest BCUT2D eigenvalue weighted by Gasteiger charge is -2.29. The lowest BCUT2D eigenvalue weighted by Crippen LogP contribution is -2.23. The molecule has 2 aromatic carbocycles. The van der Waals surface area contributed by atoms with E-state index >= 15 is 0 Å². The molecule has 0 heterocycles. The molecule has 134 valence electrons. The van der Waals surface area contributed by atoms with Gasteiger partial charge in [-0.2, -0.15) is 0 Å². The highest BCUT2D eigenvalue weighted by Crippen LogP contribution is 2.42. The third-order valence-corrected chi connectivity index (χ3v) is 5.27. The predicted octanol–water partition coefficient (Wildman–Crippen LogP) is 5.91. The number of fused-ring (bicyclic) bond motifs is 2. The van der Waals surface area contributed by atoms with Gasteiger partial charge in [0.2, 0.25) is 0 Å². The molecule has 0 N–H and O–H groups in total. The summed E-state index contributed by atoms with van der Waals surface area (Å²) >= 11 is 0. The van der Waals surface area contributed by atoms with Gasteiger partial charge in [-0.05, 0) is 52.3 Å². The van der Waals surface area contributed by atoms with Gasteiger partial charge in [0.05, 0.1) is 0 Å². The zero-order valence-corrected chi connectivity index (χ0v) is 16.1. The Hall–Kier alpha value is -3.00. The fraction of sp³-hybridized carbons (Fsp3) is 0.200. The van der Waals surface area contributed by atoms with Crippen molar-refractivity contribution in [2.75, 3.05) is 0 Å². The maximum Gasteiger partial charge on any atom is 0.190 e. The summed E-state index contributed by atoms with van der Waals surface area (Å²) in [6.45, 7) is 8.04. The smallest absolute Gasteiger partial charge is 0.190 e. The van der Waals surface area contributed by atoms with Crippen molar-refractivity contribution in [2.45, 2.75) is 27.7 Å². The minimum atomic E-state index is -0.265. The van der Waals surface area contributed by atoms with Gasteiger partial charge in [0.1, 0.15) is 0 Å². The van der Waals surface area contributed by atoms with E-state index in [4.69, 9.17) is 0 Å². The van der Waals surface area contributed by atoms with Crippen LogP contribution in [0.3, 0.4) is 0 Å². The number of rotatable bonds is 0. The number of benzene rings is 2. The highest BCUT2D eigenvalue weighted by molar-refractivity contribution is 6.23. The van der Waals surface area contributed by atoms with Crippen LogP contribution in [0.15, 0.2) is 71.8 Å². The van der Waals surface area contributed by atoms with E-state index in [-0.39, 0.29) is 17.0 Å². The van der Waals surface area contributed by atoms with Gasteiger partial charge in [0.15, 0.2) is 11.6 Å². The summed E-state index contributed by atoms with van der Waals surface area (Å²) in [5, 5.41) is 0. The third-order valence-electron chi connectivity index (χ3n) is 5.27. The molecule has 0 aliphatic heterocycles. The van der Waals surface area contributed by atoms with Crippen molar-refractivity contribution >= 4 is 22.7 Å². The van der Waals surface area contributed by atoms with Gasteiger partial charge in [-0.3, -0.25) is 9.59 Å². The van der Waals surface area contributed by atoms with Crippen LogP contribution >= 0.6 is 0 Å². The van der Waals surface area contributed by atoms with Crippen LogP contribution in [0.2, 0.25) is 0 Å². The maximum absolute atomic E-state index is 13.1. The van der Waals surface area contributed by atoms with E-state index in [1.54, 1.807) is 0 Å². The molecule has 0 unspecified atom stereocenters. The normalized spacial score (nSPS) is 19.3. The fourth-order valence-corrected chi connectivity index (χ4v) is 3.84. The summed E-state index contributed by atoms with van der Waals surface area (Å²) < 4.78 is 0. The molecule has 2 nitrogen and oxygen atoms in total. The van der Waals surface area contributed by atoms with Gasteiger partial charge in [-0.15, -0.1) is 0 Å². The molecule has 2 aliphatic carbocycles. The van der Waals surface area contributed by atoms with Crippen molar-refractivity contribution in [1.82, 2.24) is 0 Å². The first kappa shape index (κ1) is 17.4. The number of allylic oxidation sites excluding steroid dienone is 6. The Labute approximate surface area is 159 Å². The second-order valence-corrected chi connectivity index (χ2v) is 8.21. The van der Waals surface area contributed by atoms with Gasteiger partial charge >= 0.3 is 0 Å². The number of ketones is 2. The number of Topliss-reactive ketones (excluding diaryl/α,β-unsaturated/α-hetero) is 2. The van der Waals surface area contributed by atoms with Crippen LogP contribution in [0.5, 0.6) is 0 Å². The third kappa shape index (κ3) is 2.73. The van der Waals surface area contributed by atoms with Gasteiger partial charge in [-0.25, -0.2) is 0 Å². The van der Waals surface area contributed by atoms with Crippen molar-refractivity contribution in [2.24, 2.45) is 5.41 Å². The summed E-state index contributed by atoms with van der Waals surface area (Å²) in [5.41, 5.74) is 6.57. The van der Waals surface area contributed by atoms with E-state index in [9.17, 15) is 9.59 Å². The summed E-state index contributed by atoms with van der Waals surface area (Å²) in [7, 11) is 0. The van der Waals surface area contributed by atoms with E-state index in [0.29, 0.717) is 0 Å². The minimum absolute atomic E-state index is 0.0649. The van der Waals surface area contributed by atoms with Crippen molar-refractivity contribution in [3.63, 3.8) is 0 Å². The fourth-order valence-electron chi connectivity index (χ4n) is 3.84. The van der Waals surface area contributed by atoms with Crippen LogP contribution in [0, 0.1) is 5.41 Å². The summed E-state index contributed by atoms with van der Waals surface area (Å²) in [5.74, 6) is 0.151. The largest absolute Gasteiger partial charge is 0.289 e. The predicted molar refractivity (Wildman–Crippen MR) is 110 cm³/mol. The van der Waals surface area contributed by atoms with Crippen molar-refractivity contribution in [3.8, 4) is 0 Å². The molecule has 0 saturated carbocycles. The van der Waals surface area contributed by atoms with Crippen LogP contribution in [-0.2, 0) is 0 Å². The summed E-state index contributed by atoms with van der Waals surface area (Å²) in [4.78, 5) is 25.7. The Kier molecular flexibility index (Phi) is 3.88. The molecule has 0 aromatic heterocycles. The number of carbonyl (C=O) groups excluding carboxylic acids is 2. The lowest BCUT2D eigenvalue weighted by molar-refractivity contribution is 0.101.